The lowest BCUT2D eigenvalue weighted by atomic mass is 10.1. The molecule has 0 spiro atoms. The molecule has 27 heavy (non-hydrogen) atoms. The second-order valence-electron chi connectivity index (χ2n) is 6.31. The van der Waals surface area contributed by atoms with Crippen molar-refractivity contribution in [1.82, 2.24) is 10.2 Å². The van der Waals surface area contributed by atoms with Gasteiger partial charge in [0.15, 0.2) is 5.96 Å². The molecule has 150 valence electrons. The van der Waals surface area contributed by atoms with E-state index in [4.69, 9.17) is 26.8 Å². The minimum absolute atomic E-state index is 0.213. The van der Waals surface area contributed by atoms with Gasteiger partial charge >= 0.3 is 6.09 Å². The Labute approximate surface area is 165 Å². The molecule has 0 bridgehead atoms. The third kappa shape index (κ3) is 6.82. The zero-order valence-corrected chi connectivity index (χ0v) is 16.8. The van der Waals surface area contributed by atoms with Crippen LogP contribution in [0.5, 0.6) is 5.75 Å². The van der Waals surface area contributed by atoms with Crippen LogP contribution in [-0.2, 0) is 11.2 Å². The van der Waals surface area contributed by atoms with E-state index in [1.165, 1.54) is 0 Å². The highest BCUT2D eigenvalue weighted by Gasteiger charge is 2.23. The summed E-state index contributed by atoms with van der Waals surface area (Å²) in [7, 11) is 0. The average molecular weight is 397 g/mol. The number of guanidine groups is 1. The van der Waals surface area contributed by atoms with Crippen molar-refractivity contribution < 1.29 is 14.3 Å². The fraction of sp³-hybridized carbons (Fsp3) is 0.579. The van der Waals surface area contributed by atoms with E-state index in [1.807, 2.05) is 32.0 Å². The van der Waals surface area contributed by atoms with Crippen molar-refractivity contribution in [3.63, 3.8) is 0 Å². The van der Waals surface area contributed by atoms with E-state index in [0.717, 1.165) is 24.2 Å². The van der Waals surface area contributed by atoms with Crippen LogP contribution in [0.3, 0.4) is 0 Å². The maximum absolute atomic E-state index is 11.7. The van der Waals surface area contributed by atoms with Crippen LogP contribution in [0.15, 0.2) is 23.2 Å². The molecule has 0 aliphatic carbocycles. The van der Waals surface area contributed by atoms with E-state index in [0.29, 0.717) is 50.3 Å². The van der Waals surface area contributed by atoms with Gasteiger partial charge in [-0.2, -0.15) is 0 Å². The van der Waals surface area contributed by atoms with Crippen LogP contribution in [0.25, 0.3) is 0 Å². The van der Waals surface area contributed by atoms with Gasteiger partial charge in [0.05, 0.1) is 13.2 Å². The van der Waals surface area contributed by atoms with Crippen molar-refractivity contribution in [2.45, 2.75) is 39.2 Å². The minimum atomic E-state index is -0.246. The monoisotopic (exact) mass is 396 g/mol. The first kappa shape index (κ1) is 21.2. The number of ether oxygens (including phenoxy) is 2. The number of nitrogens with two attached hydrogens (primary N) is 1. The number of amides is 1. The standard InChI is InChI=1S/C19H29ClN4O3/c1-3-26-17-6-5-15(20)13-14(17)7-10-22-18(21)23-16-8-11-24(12-9-16)19(25)27-4-2/h5-6,13,16H,3-4,7-12H2,1-2H3,(H3,21,22,23). The van der Waals surface area contributed by atoms with Gasteiger partial charge in [0.1, 0.15) is 5.75 Å². The summed E-state index contributed by atoms with van der Waals surface area (Å²) >= 11 is 6.08. The number of piperidine rings is 1. The van der Waals surface area contributed by atoms with Gasteiger partial charge in [-0.15, -0.1) is 0 Å². The van der Waals surface area contributed by atoms with Crippen molar-refractivity contribution >= 4 is 23.7 Å². The summed E-state index contributed by atoms with van der Waals surface area (Å²) in [6.45, 7) is 6.62. The quantitative estimate of drug-likeness (QED) is 0.546. The molecule has 1 heterocycles. The molecule has 0 saturated carbocycles. The van der Waals surface area contributed by atoms with Crippen molar-refractivity contribution in [3.8, 4) is 5.75 Å². The van der Waals surface area contributed by atoms with Crippen LogP contribution in [0.1, 0.15) is 32.3 Å². The zero-order valence-electron chi connectivity index (χ0n) is 16.0. The molecule has 7 nitrogen and oxygen atoms in total. The maximum Gasteiger partial charge on any atom is 0.409 e. The molecule has 1 aliphatic heterocycles. The molecule has 8 heteroatoms. The Morgan fingerprint density at radius 1 is 1.33 bits per heavy atom. The first-order valence-corrected chi connectivity index (χ1v) is 9.80. The molecule has 2 rings (SSSR count). The Balaban J connectivity index is 1.79. The highest BCUT2D eigenvalue weighted by molar-refractivity contribution is 6.30. The molecule has 0 radical (unpaired) electrons. The van der Waals surface area contributed by atoms with Crippen LogP contribution in [0.2, 0.25) is 5.02 Å². The number of likely N-dealkylation sites (tertiary alicyclic amines) is 1. The van der Waals surface area contributed by atoms with E-state index < -0.39 is 0 Å². The number of aliphatic imine (C=N–C) groups is 1. The normalized spacial score (nSPS) is 15.5. The molecule has 1 aromatic rings. The molecule has 1 amide bonds. The second-order valence-corrected chi connectivity index (χ2v) is 6.74. The van der Waals surface area contributed by atoms with Crippen LogP contribution in [-0.4, -0.2) is 55.8 Å². The van der Waals surface area contributed by atoms with Crippen molar-refractivity contribution in [1.29, 1.82) is 0 Å². The first-order valence-electron chi connectivity index (χ1n) is 9.42. The van der Waals surface area contributed by atoms with Crippen molar-refractivity contribution in [2.75, 3.05) is 32.8 Å². The number of carbonyl (C=O) groups is 1. The van der Waals surface area contributed by atoms with E-state index in [2.05, 4.69) is 10.3 Å². The first-order chi connectivity index (χ1) is 13.0. The fourth-order valence-electron chi connectivity index (χ4n) is 3.01. The Hall–Kier alpha value is -2.15. The van der Waals surface area contributed by atoms with Crippen molar-refractivity contribution in [3.05, 3.63) is 28.8 Å². The Morgan fingerprint density at radius 3 is 2.74 bits per heavy atom. The smallest absolute Gasteiger partial charge is 0.409 e. The molecular weight excluding hydrogens is 368 g/mol. The Bertz CT molecular complexity index is 646. The summed E-state index contributed by atoms with van der Waals surface area (Å²) in [5.74, 6) is 1.25. The van der Waals surface area contributed by atoms with Gasteiger partial charge in [0.2, 0.25) is 0 Å². The minimum Gasteiger partial charge on any atom is -0.494 e. The molecule has 0 atom stereocenters. The highest BCUT2D eigenvalue weighted by Crippen LogP contribution is 2.23. The van der Waals surface area contributed by atoms with Gasteiger partial charge in [-0.25, -0.2) is 4.79 Å². The number of halogens is 1. The summed E-state index contributed by atoms with van der Waals surface area (Å²) in [6.07, 6.45) is 2.08. The summed E-state index contributed by atoms with van der Waals surface area (Å²) in [4.78, 5) is 17.8. The SMILES string of the molecule is CCOC(=O)N1CCC(NC(N)=NCCc2cc(Cl)ccc2OCC)CC1. The second kappa shape index (κ2) is 10.9. The van der Waals surface area contributed by atoms with Gasteiger partial charge in [0, 0.05) is 30.7 Å². The zero-order chi connectivity index (χ0) is 19.6. The molecule has 0 aromatic heterocycles. The third-order valence-electron chi connectivity index (χ3n) is 4.36. The predicted octanol–water partition coefficient (Wildman–Crippen LogP) is 2.81. The van der Waals surface area contributed by atoms with Gasteiger partial charge < -0.3 is 25.4 Å². The summed E-state index contributed by atoms with van der Waals surface area (Å²) in [5, 5.41) is 3.92. The fourth-order valence-corrected chi connectivity index (χ4v) is 3.21. The van der Waals surface area contributed by atoms with Crippen LogP contribution in [0.4, 0.5) is 4.79 Å². The Morgan fingerprint density at radius 2 is 2.07 bits per heavy atom. The predicted molar refractivity (Wildman–Crippen MR) is 108 cm³/mol. The number of nitrogens with one attached hydrogen (secondary N) is 1. The van der Waals surface area contributed by atoms with Gasteiger partial charge in [-0.3, -0.25) is 4.99 Å². The number of benzene rings is 1. The molecule has 3 N–H and O–H groups in total. The van der Waals surface area contributed by atoms with Crippen molar-refractivity contribution in [2.24, 2.45) is 10.7 Å². The largest absolute Gasteiger partial charge is 0.494 e. The highest BCUT2D eigenvalue weighted by atomic mass is 35.5. The number of nitrogens with zero attached hydrogens (tertiary/aromatic N) is 2. The van der Waals surface area contributed by atoms with E-state index in [-0.39, 0.29) is 12.1 Å². The maximum atomic E-state index is 11.7. The molecule has 1 aliphatic rings. The molecule has 1 fully saturated rings. The number of carbonyl (C=O) groups excluding carboxylic acids is 1. The van der Waals surface area contributed by atoms with Crippen LogP contribution < -0.4 is 15.8 Å². The lowest BCUT2D eigenvalue weighted by molar-refractivity contribution is 0.0963. The van der Waals surface area contributed by atoms with Gasteiger partial charge in [-0.05, 0) is 56.9 Å². The average Bonchev–Trinajstić information content (AvgIpc) is 2.65. The number of rotatable bonds is 7. The Kier molecular flexibility index (Phi) is 8.51. The lowest BCUT2D eigenvalue weighted by Crippen LogP contribution is -2.48. The third-order valence-corrected chi connectivity index (χ3v) is 4.59. The van der Waals surface area contributed by atoms with Crippen LogP contribution >= 0.6 is 11.6 Å². The van der Waals surface area contributed by atoms with Gasteiger partial charge in [-0.1, -0.05) is 11.6 Å². The van der Waals surface area contributed by atoms with E-state index in [1.54, 1.807) is 4.90 Å². The molecule has 1 aromatic carbocycles. The lowest BCUT2D eigenvalue weighted by Gasteiger charge is -2.31. The molecule has 1 saturated heterocycles. The summed E-state index contributed by atoms with van der Waals surface area (Å²) in [5.41, 5.74) is 7.03. The van der Waals surface area contributed by atoms with E-state index >= 15 is 0 Å². The summed E-state index contributed by atoms with van der Waals surface area (Å²) < 4.78 is 10.6. The topological polar surface area (TPSA) is 89.2 Å². The summed E-state index contributed by atoms with van der Waals surface area (Å²) in [6, 6.07) is 5.81. The molecular formula is C19H29ClN4O3. The van der Waals surface area contributed by atoms with Crippen LogP contribution in [0, 0.1) is 0 Å². The number of hydrogen-bond donors (Lipinski definition) is 2. The number of hydrogen-bond acceptors (Lipinski definition) is 4. The van der Waals surface area contributed by atoms with E-state index in [9.17, 15) is 4.79 Å². The molecule has 0 unspecified atom stereocenters. The van der Waals surface area contributed by atoms with Gasteiger partial charge in [0.25, 0.3) is 0 Å².